The number of hydrogen-bond donors (Lipinski definition) is 2. The van der Waals surface area contributed by atoms with Crippen molar-refractivity contribution in [2.75, 3.05) is 16.4 Å². The summed E-state index contributed by atoms with van der Waals surface area (Å²) in [6.45, 7) is 3.98. The highest BCUT2D eigenvalue weighted by Crippen LogP contribution is 2.22. The van der Waals surface area contributed by atoms with Crippen LogP contribution >= 0.6 is 11.8 Å². The first kappa shape index (κ1) is 18.1. The minimum atomic E-state index is -0.0516. The molecule has 0 aliphatic heterocycles. The van der Waals surface area contributed by atoms with Crippen LogP contribution in [0, 0.1) is 6.92 Å². The van der Waals surface area contributed by atoms with Crippen LogP contribution in [0.4, 0.5) is 11.4 Å². The number of amides is 2. The van der Waals surface area contributed by atoms with Gasteiger partial charge in [0.15, 0.2) is 0 Å². The van der Waals surface area contributed by atoms with Gasteiger partial charge < -0.3 is 10.6 Å². The zero-order valence-electron chi connectivity index (χ0n) is 14.0. The molecule has 0 unspecified atom stereocenters. The molecule has 2 amide bonds. The molecule has 0 saturated heterocycles. The molecule has 0 aliphatic rings. The van der Waals surface area contributed by atoms with Crippen molar-refractivity contribution in [3.8, 4) is 0 Å². The summed E-state index contributed by atoms with van der Waals surface area (Å²) in [6.07, 6.45) is 1.33. The topological polar surface area (TPSA) is 58.2 Å². The van der Waals surface area contributed by atoms with Gasteiger partial charge in [-0.2, -0.15) is 0 Å². The first-order valence-corrected chi connectivity index (χ1v) is 8.94. The van der Waals surface area contributed by atoms with Gasteiger partial charge >= 0.3 is 0 Å². The molecule has 0 spiro atoms. The zero-order valence-corrected chi connectivity index (χ0v) is 14.8. The van der Waals surface area contributed by atoms with Crippen LogP contribution in [0.25, 0.3) is 0 Å². The van der Waals surface area contributed by atoms with Crippen molar-refractivity contribution in [2.24, 2.45) is 0 Å². The molecule has 0 bridgehead atoms. The maximum absolute atomic E-state index is 12.0. The number of carbonyl (C=O) groups is 2. The molecule has 0 saturated carbocycles. The molecule has 126 valence electrons. The van der Waals surface area contributed by atoms with Gasteiger partial charge in [0, 0.05) is 22.7 Å². The summed E-state index contributed by atoms with van der Waals surface area (Å²) in [4.78, 5) is 24.6. The lowest BCUT2D eigenvalue weighted by Crippen LogP contribution is -2.14. The second-order valence-electron chi connectivity index (χ2n) is 5.53. The van der Waals surface area contributed by atoms with Crippen LogP contribution in [0.15, 0.2) is 53.4 Å². The third-order valence-corrected chi connectivity index (χ3v) is 4.29. The molecular formula is C19H22N2O2S. The summed E-state index contributed by atoms with van der Waals surface area (Å²) in [6, 6.07) is 15.3. The third kappa shape index (κ3) is 6.08. The summed E-state index contributed by atoms with van der Waals surface area (Å²) < 4.78 is 0. The Morgan fingerprint density at radius 1 is 0.958 bits per heavy atom. The lowest BCUT2D eigenvalue weighted by atomic mass is 10.2. The van der Waals surface area contributed by atoms with E-state index < -0.39 is 0 Å². The minimum absolute atomic E-state index is 0.0109. The molecule has 2 N–H and O–H groups in total. The molecule has 0 fully saturated rings. The SMILES string of the molecule is CCCC(=O)Nc1cccc(SCC(=O)Nc2ccc(C)cc2)c1. The maximum Gasteiger partial charge on any atom is 0.234 e. The second-order valence-corrected chi connectivity index (χ2v) is 6.58. The monoisotopic (exact) mass is 342 g/mol. The Labute approximate surface area is 147 Å². The van der Waals surface area contributed by atoms with Crippen molar-refractivity contribution in [3.63, 3.8) is 0 Å². The van der Waals surface area contributed by atoms with E-state index in [1.807, 2.05) is 62.4 Å². The molecule has 0 radical (unpaired) electrons. The van der Waals surface area contributed by atoms with Crippen LogP contribution in [0.2, 0.25) is 0 Å². The molecule has 0 heterocycles. The van der Waals surface area contributed by atoms with Gasteiger partial charge in [0.2, 0.25) is 11.8 Å². The van der Waals surface area contributed by atoms with E-state index in [0.29, 0.717) is 12.2 Å². The number of anilines is 2. The van der Waals surface area contributed by atoms with Crippen LogP contribution in [-0.4, -0.2) is 17.6 Å². The zero-order chi connectivity index (χ0) is 17.4. The predicted molar refractivity (Wildman–Crippen MR) is 101 cm³/mol. The molecule has 0 aromatic heterocycles. The number of carbonyl (C=O) groups excluding carboxylic acids is 2. The van der Waals surface area contributed by atoms with E-state index in [-0.39, 0.29) is 11.8 Å². The highest BCUT2D eigenvalue weighted by molar-refractivity contribution is 8.00. The normalized spacial score (nSPS) is 10.2. The van der Waals surface area contributed by atoms with Crippen molar-refractivity contribution in [3.05, 3.63) is 54.1 Å². The molecule has 4 nitrogen and oxygen atoms in total. The number of thioether (sulfide) groups is 1. The Morgan fingerprint density at radius 3 is 2.38 bits per heavy atom. The van der Waals surface area contributed by atoms with E-state index >= 15 is 0 Å². The fourth-order valence-corrected chi connectivity index (χ4v) is 2.85. The number of aryl methyl sites for hydroxylation is 1. The quantitative estimate of drug-likeness (QED) is 0.730. The average molecular weight is 342 g/mol. The van der Waals surface area contributed by atoms with E-state index in [4.69, 9.17) is 0 Å². The molecule has 24 heavy (non-hydrogen) atoms. The van der Waals surface area contributed by atoms with Crippen molar-refractivity contribution in [1.82, 2.24) is 0 Å². The fourth-order valence-electron chi connectivity index (χ4n) is 2.10. The standard InChI is InChI=1S/C19H22N2O2S/c1-3-5-18(22)21-16-6-4-7-17(12-16)24-13-19(23)20-15-10-8-14(2)9-11-15/h4,6-12H,3,5,13H2,1-2H3,(H,20,23)(H,21,22). The van der Waals surface area contributed by atoms with Gasteiger partial charge in [-0.1, -0.05) is 30.7 Å². The largest absolute Gasteiger partial charge is 0.326 e. The smallest absolute Gasteiger partial charge is 0.234 e. The molecule has 2 aromatic carbocycles. The minimum Gasteiger partial charge on any atom is -0.326 e. The van der Waals surface area contributed by atoms with Crippen molar-refractivity contribution < 1.29 is 9.59 Å². The third-order valence-electron chi connectivity index (χ3n) is 3.30. The van der Waals surface area contributed by atoms with Crippen LogP contribution in [0.5, 0.6) is 0 Å². The lowest BCUT2D eigenvalue weighted by molar-refractivity contribution is -0.116. The lowest BCUT2D eigenvalue weighted by Gasteiger charge is -2.08. The highest BCUT2D eigenvalue weighted by Gasteiger charge is 2.06. The van der Waals surface area contributed by atoms with E-state index in [1.165, 1.54) is 11.8 Å². The summed E-state index contributed by atoms with van der Waals surface area (Å²) in [5, 5.41) is 5.74. The summed E-state index contributed by atoms with van der Waals surface area (Å²) in [5.74, 6) is 0.279. The van der Waals surface area contributed by atoms with Crippen molar-refractivity contribution >= 4 is 35.0 Å². The molecule has 2 aromatic rings. The van der Waals surface area contributed by atoms with Crippen molar-refractivity contribution in [2.45, 2.75) is 31.6 Å². The van der Waals surface area contributed by atoms with E-state index in [1.54, 1.807) is 0 Å². The Hall–Kier alpha value is -2.27. The molecule has 5 heteroatoms. The van der Waals surface area contributed by atoms with E-state index in [2.05, 4.69) is 10.6 Å². The maximum atomic E-state index is 12.0. The van der Waals surface area contributed by atoms with Gasteiger partial charge in [0.25, 0.3) is 0 Å². The van der Waals surface area contributed by atoms with Gasteiger partial charge in [-0.3, -0.25) is 9.59 Å². The average Bonchev–Trinajstić information content (AvgIpc) is 2.56. The number of nitrogens with one attached hydrogen (secondary N) is 2. The van der Waals surface area contributed by atoms with E-state index in [0.717, 1.165) is 28.3 Å². The van der Waals surface area contributed by atoms with Gasteiger partial charge in [0.05, 0.1) is 5.75 Å². The summed E-state index contributed by atoms with van der Waals surface area (Å²) in [5.41, 5.74) is 2.72. The number of benzene rings is 2. The number of hydrogen-bond acceptors (Lipinski definition) is 3. The molecular weight excluding hydrogens is 320 g/mol. The van der Waals surface area contributed by atoms with Gasteiger partial charge in [0.1, 0.15) is 0 Å². The van der Waals surface area contributed by atoms with Crippen LogP contribution in [0.1, 0.15) is 25.3 Å². The Bertz CT molecular complexity index is 699. The van der Waals surface area contributed by atoms with Gasteiger partial charge in [-0.25, -0.2) is 0 Å². The molecule has 0 atom stereocenters. The van der Waals surface area contributed by atoms with E-state index in [9.17, 15) is 9.59 Å². The summed E-state index contributed by atoms with van der Waals surface area (Å²) in [7, 11) is 0. The fraction of sp³-hybridized carbons (Fsp3) is 0.263. The number of rotatable bonds is 7. The first-order chi connectivity index (χ1) is 11.6. The van der Waals surface area contributed by atoms with Crippen LogP contribution in [0.3, 0.4) is 0 Å². The molecule has 2 rings (SSSR count). The van der Waals surface area contributed by atoms with Crippen LogP contribution < -0.4 is 10.6 Å². The highest BCUT2D eigenvalue weighted by atomic mass is 32.2. The predicted octanol–water partition coefficient (Wildman–Crippen LogP) is 4.46. The Balaban J connectivity index is 1.86. The molecule has 0 aliphatic carbocycles. The Kier molecular flexibility index (Phi) is 6.88. The summed E-state index contributed by atoms with van der Waals surface area (Å²) >= 11 is 1.44. The first-order valence-electron chi connectivity index (χ1n) is 7.96. The van der Waals surface area contributed by atoms with Gasteiger partial charge in [-0.05, 0) is 43.7 Å². The van der Waals surface area contributed by atoms with Crippen molar-refractivity contribution in [1.29, 1.82) is 0 Å². The van der Waals surface area contributed by atoms with Crippen LogP contribution in [-0.2, 0) is 9.59 Å². The van der Waals surface area contributed by atoms with Gasteiger partial charge in [-0.15, -0.1) is 11.8 Å². The Morgan fingerprint density at radius 2 is 1.67 bits per heavy atom. The second kappa shape index (κ2) is 9.13.